The number of rotatable bonds is 9. The maximum absolute atomic E-state index is 6.20. The molecule has 0 N–H and O–H groups in total. The Morgan fingerprint density at radius 1 is 0.741 bits per heavy atom. The van der Waals surface area contributed by atoms with E-state index in [1.54, 1.807) is 30.3 Å². The van der Waals surface area contributed by atoms with Crippen molar-refractivity contribution in [1.82, 2.24) is 0 Å². The molecule has 0 radical (unpaired) electrons. The lowest BCUT2D eigenvalue weighted by molar-refractivity contribution is 0.247. The molecule has 0 saturated heterocycles. The van der Waals surface area contributed by atoms with Crippen LogP contribution in [0.25, 0.3) is 0 Å². The number of benzene rings is 2. The van der Waals surface area contributed by atoms with Crippen molar-refractivity contribution in [2.75, 3.05) is 19.8 Å². The highest BCUT2D eigenvalue weighted by Crippen LogP contribution is 2.37. The van der Waals surface area contributed by atoms with E-state index in [1.807, 2.05) is 0 Å². The van der Waals surface area contributed by atoms with Gasteiger partial charge in [-0.25, -0.2) is 0 Å². The van der Waals surface area contributed by atoms with Crippen molar-refractivity contribution in [3.8, 4) is 17.2 Å². The highest BCUT2D eigenvalue weighted by Gasteiger charge is 2.11. The van der Waals surface area contributed by atoms with E-state index in [-0.39, 0.29) is 11.1 Å². The smallest absolute Gasteiger partial charge is 0.156 e. The topological polar surface area (TPSA) is 27.7 Å². The summed E-state index contributed by atoms with van der Waals surface area (Å²) < 4.78 is 16.8. The van der Waals surface area contributed by atoms with Crippen LogP contribution in [0.4, 0.5) is 0 Å². The number of halogens is 6. The van der Waals surface area contributed by atoms with Crippen molar-refractivity contribution in [3.05, 3.63) is 61.0 Å². The van der Waals surface area contributed by atoms with E-state index in [2.05, 4.69) is 0 Å². The molecule has 146 valence electrons. The van der Waals surface area contributed by atoms with Crippen molar-refractivity contribution < 1.29 is 14.2 Å². The highest BCUT2D eigenvalue weighted by atomic mass is 35.5. The minimum atomic E-state index is 0.121. The van der Waals surface area contributed by atoms with E-state index >= 15 is 0 Å². The molecule has 0 saturated carbocycles. The van der Waals surface area contributed by atoms with Gasteiger partial charge in [-0.2, -0.15) is 0 Å². The van der Waals surface area contributed by atoms with Crippen molar-refractivity contribution in [2.45, 2.75) is 6.42 Å². The number of hydrogen-bond donors (Lipinski definition) is 0. The molecule has 0 atom stereocenters. The number of ether oxygens (including phenoxy) is 3. The maximum atomic E-state index is 6.20. The lowest BCUT2D eigenvalue weighted by Crippen LogP contribution is -2.05. The maximum Gasteiger partial charge on any atom is 0.156 e. The van der Waals surface area contributed by atoms with Gasteiger partial charge in [-0.15, -0.1) is 0 Å². The largest absolute Gasteiger partial charge is 0.493 e. The highest BCUT2D eigenvalue weighted by molar-refractivity contribution is 6.55. The van der Waals surface area contributed by atoms with Gasteiger partial charge in [0.2, 0.25) is 0 Å². The second kappa shape index (κ2) is 11.4. The summed E-state index contributed by atoms with van der Waals surface area (Å²) in [5.41, 5.74) is 0. The molecule has 0 aliphatic heterocycles. The van der Waals surface area contributed by atoms with E-state index < -0.39 is 0 Å². The van der Waals surface area contributed by atoms with Crippen LogP contribution in [0.1, 0.15) is 6.42 Å². The van der Waals surface area contributed by atoms with E-state index in [4.69, 9.17) is 83.8 Å². The SMILES string of the molecule is ClC(Cl)=CCOc1cc(Cl)c(OCCCOc2ccc(Cl)c(Cl)c2)c(Cl)c1. The van der Waals surface area contributed by atoms with Gasteiger partial charge in [0, 0.05) is 24.6 Å². The molecule has 0 aliphatic rings. The Labute approximate surface area is 187 Å². The molecule has 0 amide bonds. The summed E-state index contributed by atoms with van der Waals surface area (Å²) >= 11 is 35.2. The zero-order valence-electron chi connectivity index (χ0n) is 13.8. The lowest BCUT2D eigenvalue weighted by atomic mass is 10.3. The van der Waals surface area contributed by atoms with Crippen LogP contribution in [0.3, 0.4) is 0 Å². The summed E-state index contributed by atoms with van der Waals surface area (Å²) in [7, 11) is 0. The van der Waals surface area contributed by atoms with Gasteiger partial charge in [0.1, 0.15) is 22.6 Å². The van der Waals surface area contributed by atoms with Gasteiger partial charge in [-0.05, 0) is 18.2 Å². The van der Waals surface area contributed by atoms with Crippen LogP contribution in [0.5, 0.6) is 17.2 Å². The average molecular weight is 491 g/mol. The van der Waals surface area contributed by atoms with Gasteiger partial charge in [-0.1, -0.05) is 69.6 Å². The van der Waals surface area contributed by atoms with Crippen LogP contribution in [0.15, 0.2) is 40.9 Å². The molecule has 0 fully saturated rings. The zero-order valence-corrected chi connectivity index (χ0v) is 18.3. The monoisotopic (exact) mass is 488 g/mol. The molecular formula is C18H14Cl6O3. The van der Waals surface area contributed by atoms with Crippen LogP contribution < -0.4 is 14.2 Å². The first-order valence-corrected chi connectivity index (χ1v) is 9.97. The van der Waals surface area contributed by atoms with E-state index in [9.17, 15) is 0 Å². The molecule has 2 aromatic carbocycles. The van der Waals surface area contributed by atoms with Crippen LogP contribution in [-0.2, 0) is 0 Å². The molecule has 2 aromatic rings. The van der Waals surface area contributed by atoms with Gasteiger partial charge in [0.05, 0.1) is 33.3 Å². The molecule has 3 nitrogen and oxygen atoms in total. The standard InChI is InChI=1S/C18H14Cl6O3/c19-13-3-2-11(8-14(13)20)25-5-1-6-27-18-15(21)9-12(10-16(18)22)26-7-4-17(23)24/h2-4,8-10H,1,5-7H2. The third kappa shape index (κ3) is 7.69. The molecule has 0 aliphatic carbocycles. The minimum absolute atomic E-state index is 0.121. The summed E-state index contributed by atoms with van der Waals surface area (Å²) in [6.07, 6.45) is 2.12. The third-order valence-corrected chi connectivity index (χ3v) is 4.76. The van der Waals surface area contributed by atoms with E-state index in [0.29, 0.717) is 57.0 Å². The third-order valence-electron chi connectivity index (χ3n) is 3.15. The van der Waals surface area contributed by atoms with Crippen LogP contribution in [0.2, 0.25) is 20.1 Å². The van der Waals surface area contributed by atoms with Gasteiger partial charge < -0.3 is 14.2 Å². The molecule has 27 heavy (non-hydrogen) atoms. The molecule has 2 rings (SSSR count). The van der Waals surface area contributed by atoms with Crippen molar-refractivity contribution >= 4 is 69.6 Å². The number of hydrogen-bond acceptors (Lipinski definition) is 3. The Balaban J connectivity index is 1.81. The summed E-state index contributed by atoms with van der Waals surface area (Å²) in [5, 5.41) is 1.59. The molecule has 9 heteroatoms. The molecule has 0 bridgehead atoms. The predicted molar refractivity (Wildman–Crippen MR) is 114 cm³/mol. The summed E-state index contributed by atoms with van der Waals surface area (Å²) in [6.45, 7) is 0.993. The Bertz CT molecular complexity index is 783. The molecular weight excluding hydrogens is 477 g/mol. The van der Waals surface area contributed by atoms with E-state index in [0.717, 1.165) is 0 Å². The second-order valence-corrected chi connectivity index (χ2v) is 7.78. The Hall–Kier alpha value is -0.680. The first-order chi connectivity index (χ1) is 12.9. The average Bonchev–Trinajstić information content (AvgIpc) is 2.59. The van der Waals surface area contributed by atoms with Crippen molar-refractivity contribution in [2.24, 2.45) is 0 Å². The fourth-order valence-electron chi connectivity index (χ4n) is 1.95. The van der Waals surface area contributed by atoms with E-state index in [1.165, 1.54) is 6.08 Å². The first-order valence-electron chi connectivity index (χ1n) is 7.70. The van der Waals surface area contributed by atoms with Crippen LogP contribution in [-0.4, -0.2) is 19.8 Å². The fraction of sp³-hybridized carbons (Fsp3) is 0.222. The predicted octanol–water partition coefficient (Wildman–Crippen LogP) is 7.85. The summed E-state index contributed by atoms with van der Waals surface area (Å²) in [6, 6.07) is 8.28. The normalized spacial score (nSPS) is 10.4. The van der Waals surface area contributed by atoms with Crippen LogP contribution in [0, 0.1) is 0 Å². The molecule has 0 unspecified atom stereocenters. The second-order valence-electron chi connectivity index (χ2n) is 5.15. The summed E-state index contributed by atoms with van der Waals surface area (Å²) in [5.74, 6) is 1.49. The van der Waals surface area contributed by atoms with Crippen molar-refractivity contribution in [3.63, 3.8) is 0 Å². The Morgan fingerprint density at radius 2 is 1.37 bits per heavy atom. The zero-order chi connectivity index (χ0) is 19.8. The van der Waals surface area contributed by atoms with Crippen molar-refractivity contribution in [1.29, 1.82) is 0 Å². The Kier molecular flexibility index (Phi) is 9.51. The minimum Gasteiger partial charge on any atom is -0.493 e. The molecule has 0 heterocycles. The summed E-state index contributed by atoms with van der Waals surface area (Å²) in [4.78, 5) is 0. The molecule has 0 aromatic heterocycles. The fourth-order valence-corrected chi connectivity index (χ4v) is 2.94. The van der Waals surface area contributed by atoms with Gasteiger partial charge in [-0.3, -0.25) is 0 Å². The quantitative estimate of drug-likeness (QED) is 0.335. The van der Waals surface area contributed by atoms with Crippen LogP contribution >= 0.6 is 69.6 Å². The first kappa shape index (κ1) is 22.6. The Morgan fingerprint density at radius 3 is 2.00 bits per heavy atom. The van der Waals surface area contributed by atoms with Gasteiger partial charge in [0.25, 0.3) is 0 Å². The molecule has 0 spiro atoms. The lowest BCUT2D eigenvalue weighted by Gasteiger charge is -2.12. The van der Waals surface area contributed by atoms with Gasteiger partial charge in [0.15, 0.2) is 5.75 Å². The van der Waals surface area contributed by atoms with Gasteiger partial charge >= 0.3 is 0 Å².